The zero-order chi connectivity index (χ0) is 15.9. The third-order valence-corrected chi connectivity index (χ3v) is 4.27. The monoisotopic (exact) mass is 298 g/mol. The summed E-state index contributed by atoms with van der Waals surface area (Å²) in [5.74, 6) is 0.484. The Labute approximate surface area is 127 Å². The van der Waals surface area contributed by atoms with Crippen LogP contribution in [0.25, 0.3) is 0 Å². The van der Waals surface area contributed by atoms with E-state index in [9.17, 15) is 4.79 Å². The maximum atomic E-state index is 12.1. The van der Waals surface area contributed by atoms with Gasteiger partial charge < -0.3 is 21.2 Å². The van der Waals surface area contributed by atoms with Crippen LogP contribution in [0.2, 0.25) is 0 Å². The largest absolute Gasteiger partial charge is 0.409 e. The molecule has 122 valence electrons. The van der Waals surface area contributed by atoms with Gasteiger partial charge in [0.05, 0.1) is 6.04 Å². The van der Waals surface area contributed by atoms with E-state index in [0.29, 0.717) is 0 Å². The van der Waals surface area contributed by atoms with Crippen molar-refractivity contribution in [1.29, 1.82) is 0 Å². The summed E-state index contributed by atoms with van der Waals surface area (Å²) >= 11 is 0. The number of hydrogen-bond donors (Lipinski definition) is 3. The zero-order valence-electron chi connectivity index (χ0n) is 13.6. The number of amidine groups is 1. The summed E-state index contributed by atoms with van der Waals surface area (Å²) in [4.78, 5) is 14.0. The van der Waals surface area contributed by atoms with Crippen LogP contribution in [-0.4, -0.2) is 47.5 Å². The minimum absolute atomic E-state index is 0.111. The van der Waals surface area contributed by atoms with E-state index in [1.54, 1.807) is 0 Å². The van der Waals surface area contributed by atoms with Gasteiger partial charge in [-0.25, -0.2) is 0 Å². The van der Waals surface area contributed by atoms with E-state index < -0.39 is 0 Å². The molecular weight excluding hydrogens is 268 g/mol. The van der Waals surface area contributed by atoms with E-state index >= 15 is 0 Å². The van der Waals surface area contributed by atoms with Gasteiger partial charge in [0, 0.05) is 18.5 Å². The maximum Gasteiger partial charge on any atom is 0.239 e. The van der Waals surface area contributed by atoms with E-state index in [4.69, 9.17) is 10.9 Å². The van der Waals surface area contributed by atoms with Gasteiger partial charge >= 0.3 is 0 Å². The van der Waals surface area contributed by atoms with Gasteiger partial charge in [0.25, 0.3) is 0 Å². The van der Waals surface area contributed by atoms with E-state index in [2.05, 4.69) is 10.5 Å². The number of amides is 1. The van der Waals surface area contributed by atoms with Crippen LogP contribution in [0.1, 0.15) is 52.9 Å². The molecule has 1 heterocycles. The number of carbonyl (C=O) groups excluding carboxylic acids is 1. The van der Waals surface area contributed by atoms with E-state index in [1.165, 1.54) is 0 Å². The molecule has 0 aromatic carbocycles. The molecule has 1 aliphatic rings. The van der Waals surface area contributed by atoms with E-state index in [-0.39, 0.29) is 23.2 Å². The molecular formula is C15H30N4O2. The zero-order valence-corrected chi connectivity index (χ0v) is 13.6. The Hall–Kier alpha value is -1.30. The predicted octanol–water partition coefficient (Wildman–Crippen LogP) is 1.53. The number of likely N-dealkylation sites (tertiary alicyclic amines) is 1. The summed E-state index contributed by atoms with van der Waals surface area (Å²) in [5, 5.41) is 15.1. The Balaban J connectivity index is 2.17. The minimum atomic E-state index is -0.286. The highest BCUT2D eigenvalue weighted by Gasteiger charge is 2.24. The molecule has 0 aliphatic carbocycles. The number of carbonyl (C=O) groups is 1. The molecule has 0 aromatic rings. The first kappa shape index (κ1) is 17.8. The second-order valence-electron chi connectivity index (χ2n) is 6.53. The van der Waals surface area contributed by atoms with Gasteiger partial charge in [0.2, 0.25) is 5.91 Å². The molecule has 0 bridgehead atoms. The fraction of sp³-hybridized carbons (Fsp3) is 0.867. The lowest BCUT2D eigenvalue weighted by Crippen LogP contribution is -2.43. The third kappa shape index (κ3) is 5.53. The van der Waals surface area contributed by atoms with Gasteiger partial charge in [0.1, 0.15) is 5.84 Å². The summed E-state index contributed by atoms with van der Waals surface area (Å²) in [6.45, 7) is 8.48. The molecule has 4 N–H and O–H groups in total. The lowest BCUT2D eigenvalue weighted by molar-refractivity contribution is -0.131. The van der Waals surface area contributed by atoms with Gasteiger partial charge in [-0.15, -0.1) is 0 Å². The molecule has 1 unspecified atom stereocenters. The highest BCUT2D eigenvalue weighted by Crippen LogP contribution is 2.23. The average Bonchev–Trinajstić information content (AvgIpc) is 2.98. The number of rotatable bonds is 8. The van der Waals surface area contributed by atoms with Crippen LogP contribution in [0.15, 0.2) is 5.16 Å². The van der Waals surface area contributed by atoms with Gasteiger partial charge in [-0.05, 0) is 39.2 Å². The van der Waals surface area contributed by atoms with Crippen molar-refractivity contribution in [2.24, 2.45) is 16.3 Å². The normalized spacial score (nSPS) is 18.0. The van der Waals surface area contributed by atoms with Crippen LogP contribution in [0.3, 0.4) is 0 Å². The second-order valence-corrected chi connectivity index (χ2v) is 6.53. The molecule has 1 atom stereocenters. The minimum Gasteiger partial charge on any atom is -0.409 e. The van der Waals surface area contributed by atoms with Crippen LogP contribution >= 0.6 is 0 Å². The molecule has 0 saturated carbocycles. The van der Waals surface area contributed by atoms with E-state index in [1.807, 2.05) is 25.7 Å². The Morgan fingerprint density at radius 1 is 1.38 bits per heavy atom. The van der Waals surface area contributed by atoms with Crippen LogP contribution in [-0.2, 0) is 4.79 Å². The number of nitrogens with zero attached hydrogens (tertiary/aromatic N) is 2. The van der Waals surface area contributed by atoms with Crippen molar-refractivity contribution in [3.63, 3.8) is 0 Å². The van der Waals surface area contributed by atoms with Crippen molar-refractivity contribution in [2.45, 2.75) is 58.9 Å². The fourth-order valence-corrected chi connectivity index (χ4v) is 2.57. The van der Waals surface area contributed by atoms with Crippen molar-refractivity contribution in [3.05, 3.63) is 0 Å². The van der Waals surface area contributed by atoms with Crippen molar-refractivity contribution >= 4 is 11.7 Å². The summed E-state index contributed by atoms with van der Waals surface area (Å²) in [5.41, 5.74) is 5.37. The molecule has 0 radical (unpaired) electrons. The van der Waals surface area contributed by atoms with Crippen LogP contribution < -0.4 is 11.1 Å². The Morgan fingerprint density at radius 2 is 2.00 bits per heavy atom. The molecule has 1 rings (SSSR count). The van der Waals surface area contributed by atoms with E-state index in [0.717, 1.165) is 51.7 Å². The predicted molar refractivity (Wildman–Crippen MR) is 84.3 cm³/mol. The van der Waals surface area contributed by atoms with Gasteiger partial charge in [-0.3, -0.25) is 4.79 Å². The summed E-state index contributed by atoms with van der Waals surface area (Å²) < 4.78 is 0. The van der Waals surface area contributed by atoms with Gasteiger partial charge in [-0.2, -0.15) is 0 Å². The highest BCUT2D eigenvalue weighted by atomic mass is 16.4. The molecule has 21 heavy (non-hydrogen) atoms. The molecule has 0 aromatic heterocycles. The Morgan fingerprint density at radius 3 is 2.57 bits per heavy atom. The van der Waals surface area contributed by atoms with Crippen LogP contribution in [0.5, 0.6) is 0 Å². The molecule has 6 heteroatoms. The number of nitrogens with one attached hydrogen (secondary N) is 1. The van der Waals surface area contributed by atoms with Crippen LogP contribution in [0.4, 0.5) is 0 Å². The third-order valence-electron chi connectivity index (χ3n) is 4.27. The molecule has 1 aliphatic heterocycles. The summed E-state index contributed by atoms with van der Waals surface area (Å²) in [6, 6.07) is -0.111. The lowest BCUT2D eigenvalue weighted by Gasteiger charge is -2.23. The number of nitrogens with two attached hydrogens (primary N) is 1. The number of unbranched alkanes of at least 4 members (excludes halogenated alkanes) is 1. The smallest absolute Gasteiger partial charge is 0.239 e. The quantitative estimate of drug-likeness (QED) is 0.208. The molecule has 1 fully saturated rings. The first-order valence-electron chi connectivity index (χ1n) is 7.88. The van der Waals surface area contributed by atoms with Gasteiger partial charge in [0.15, 0.2) is 0 Å². The SMILES string of the molecule is CC(NCCCCC(C)(C)C(N)=NO)C(=O)N1CCCC1. The summed E-state index contributed by atoms with van der Waals surface area (Å²) in [6.07, 6.45) is 5.06. The summed E-state index contributed by atoms with van der Waals surface area (Å²) in [7, 11) is 0. The molecule has 1 amide bonds. The van der Waals surface area contributed by atoms with Crippen LogP contribution in [0, 0.1) is 5.41 Å². The van der Waals surface area contributed by atoms with Gasteiger partial charge in [-0.1, -0.05) is 25.4 Å². The number of oxime groups is 1. The first-order chi connectivity index (χ1) is 9.88. The Kier molecular flexibility index (Phi) is 6.95. The van der Waals surface area contributed by atoms with Crippen molar-refractivity contribution in [3.8, 4) is 0 Å². The fourth-order valence-electron chi connectivity index (χ4n) is 2.57. The standard InChI is InChI=1S/C15H30N4O2/c1-12(13(20)19-10-6-7-11-19)17-9-5-4-8-15(2,3)14(16)18-21/h12,17,21H,4-11H2,1-3H3,(H2,16,18). The van der Waals surface area contributed by atoms with Crippen molar-refractivity contribution in [1.82, 2.24) is 10.2 Å². The van der Waals surface area contributed by atoms with Crippen molar-refractivity contribution < 1.29 is 10.0 Å². The Bertz CT molecular complexity index is 363. The lowest BCUT2D eigenvalue weighted by atomic mass is 9.86. The second kappa shape index (κ2) is 8.22. The average molecular weight is 298 g/mol. The maximum absolute atomic E-state index is 12.1. The molecule has 1 saturated heterocycles. The topological polar surface area (TPSA) is 91.0 Å². The highest BCUT2D eigenvalue weighted by molar-refractivity contribution is 5.85. The first-order valence-corrected chi connectivity index (χ1v) is 7.88. The number of hydrogen-bond acceptors (Lipinski definition) is 4. The molecule has 0 spiro atoms. The molecule has 6 nitrogen and oxygen atoms in total. The van der Waals surface area contributed by atoms with Crippen molar-refractivity contribution in [2.75, 3.05) is 19.6 Å².